The number of nitriles is 1. The minimum atomic E-state index is 0.229. The van der Waals surface area contributed by atoms with Crippen molar-refractivity contribution in [1.29, 1.82) is 5.26 Å². The molecule has 0 amide bonds. The third-order valence-electron chi connectivity index (χ3n) is 3.95. The van der Waals surface area contributed by atoms with Gasteiger partial charge in [-0.15, -0.1) is 0 Å². The topological polar surface area (TPSA) is 52.8 Å². The highest BCUT2D eigenvalue weighted by Crippen LogP contribution is 2.34. The summed E-state index contributed by atoms with van der Waals surface area (Å²) in [6, 6.07) is 12.8. The lowest BCUT2D eigenvalue weighted by molar-refractivity contribution is 0.696. The molecule has 0 aliphatic carbocycles. The molecule has 3 rings (SSSR count). The molecule has 5 heteroatoms. The molecular formula is C16H15BrN4. The van der Waals surface area contributed by atoms with E-state index in [4.69, 9.17) is 5.26 Å². The lowest BCUT2D eigenvalue weighted by atomic mass is 9.97. The van der Waals surface area contributed by atoms with Gasteiger partial charge in [0.05, 0.1) is 0 Å². The molecule has 1 aliphatic heterocycles. The fraction of sp³-hybridized carbons (Fsp3) is 0.312. The first-order chi connectivity index (χ1) is 10.2. The van der Waals surface area contributed by atoms with Crippen LogP contribution in [0.4, 0.5) is 5.82 Å². The molecular weight excluding hydrogens is 328 g/mol. The van der Waals surface area contributed by atoms with Crippen molar-refractivity contribution in [1.82, 2.24) is 9.97 Å². The zero-order valence-electron chi connectivity index (χ0n) is 11.7. The van der Waals surface area contributed by atoms with Crippen LogP contribution in [-0.4, -0.2) is 22.6 Å². The SMILES string of the molecule is CC1CC(c2ccc(Br)cc2)CN1c1ccnc(C#N)n1. The summed E-state index contributed by atoms with van der Waals surface area (Å²) in [7, 11) is 0. The molecule has 1 aromatic heterocycles. The van der Waals surface area contributed by atoms with Crippen molar-refractivity contribution in [3.8, 4) is 6.07 Å². The van der Waals surface area contributed by atoms with Gasteiger partial charge < -0.3 is 4.90 Å². The second kappa shape index (κ2) is 5.82. The van der Waals surface area contributed by atoms with Gasteiger partial charge >= 0.3 is 0 Å². The second-order valence-corrected chi connectivity index (χ2v) is 6.25. The number of anilines is 1. The van der Waals surface area contributed by atoms with Crippen LogP contribution in [0.15, 0.2) is 41.0 Å². The van der Waals surface area contributed by atoms with E-state index in [1.54, 1.807) is 6.20 Å². The Kier molecular flexibility index (Phi) is 3.89. The third-order valence-corrected chi connectivity index (χ3v) is 4.48. The minimum Gasteiger partial charge on any atom is -0.353 e. The normalized spacial score (nSPS) is 21.3. The summed E-state index contributed by atoms with van der Waals surface area (Å²) < 4.78 is 1.10. The van der Waals surface area contributed by atoms with Gasteiger partial charge in [0.1, 0.15) is 11.9 Å². The smallest absolute Gasteiger partial charge is 0.234 e. The Bertz CT molecular complexity index is 677. The van der Waals surface area contributed by atoms with Crippen LogP contribution in [0.5, 0.6) is 0 Å². The van der Waals surface area contributed by atoms with Crippen molar-refractivity contribution in [2.24, 2.45) is 0 Å². The van der Waals surface area contributed by atoms with Crippen LogP contribution in [0.3, 0.4) is 0 Å². The molecule has 0 N–H and O–H groups in total. The Morgan fingerprint density at radius 1 is 1.29 bits per heavy atom. The van der Waals surface area contributed by atoms with Crippen LogP contribution in [0, 0.1) is 11.3 Å². The summed E-state index contributed by atoms with van der Waals surface area (Å²) in [6.45, 7) is 3.12. The Morgan fingerprint density at radius 3 is 2.76 bits per heavy atom. The maximum Gasteiger partial charge on any atom is 0.234 e. The molecule has 1 fully saturated rings. The lowest BCUT2D eigenvalue weighted by Gasteiger charge is -2.22. The largest absolute Gasteiger partial charge is 0.353 e. The monoisotopic (exact) mass is 342 g/mol. The van der Waals surface area contributed by atoms with Gasteiger partial charge in [-0.2, -0.15) is 5.26 Å². The molecule has 0 bridgehead atoms. The number of benzene rings is 1. The summed E-state index contributed by atoms with van der Waals surface area (Å²) >= 11 is 3.47. The van der Waals surface area contributed by atoms with Crippen LogP contribution in [0.1, 0.15) is 30.7 Å². The van der Waals surface area contributed by atoms with Gasteiger partial charge in [0.25, 0.3) is 0 Å². The van der Waals surface area contributed by atoms with Gasteiger partial charge in [0.2, 0.25) is 5.82 Å². The van der Waals surface area contributed by atoms with Crippen molar-refractivity contribution in [2.75, 3.05) is 11.4 Å². The highest BCUT2D eigenvalue weighted by Gasteiger charge is 2.31. The van der Waals surface area contributed by atoms with E-state index in [-0.39, 0.29) is 5.82 Å². The Balaban J connectivity index is 1.82. The van der Waals surface area contributed by atoms with Crippen LogP contribution in [0.25, 0.3) is 0 Å². The first kappa shape index (κ1) is 14.0. The maximum atomic E-state index is 8.93. The summed E-state index contributed by atoms with van der Waals surface area (Å²) in [4.78, 5) is 10.5. The molecule has 1 saturated heterocycles. The molecule has 0 spiro atoms. The summed E-state index contributed by atoms with van der Waals surface area (Å²) in [5.74, 6) is 1.56. The average Bonchev–Trinajstić information content (AvgIpc) is 2.90. The van der Waals surface area contributed by atoms with Crippen molar-refractivity contribution < 1.29 is 0 Å². The van der Waals surface area contributed by atoms with Gasteiger partial charge in [-0.25, -0.2) is 9.97 Å². The number of hydrogen-bond acceptors (Lipinski definition) is 4. The van der Waals surface area contributed by atoms with Gasteiger partial charge in [-0.1, -0.05) is 28.1 Å². The predicted molar refractivity (Wildman–Crippen MR) is 85.1 cm³/mol. The molecule has 1 aromatic carbocycles. The number of aromatic nitrogens is 2. The molecule has 21 heavy (non-hydrogen) atoms. The van der Waals surface area contributed by atoms with E-state index in [1.165, 1.54) is 5.56 Å². The first-order valence-corrected chi connectivity index (χ1v) is 7.72. The highest BCUT2D eigenvalue weighted by atomic mass is 79.9. The Labute approximate surface area is 132 Å². The second-order valence-electron chi connectivity index (χ2n) is 5.34. The van der Waals surface area contributed by atoms with E-state index >= 15 is 0 Å². The fourth-order valence-electron chi connectivity index (χ4n) is 2.89. The molecule has 2 heterocycles. The van der Waals surface area contributed by atoms with Gasteiger partial charge in [0.15, 0.2) is 0 Å². The first-order valence-electron chi connectivity index (χ1n) is 6.92. The van der Waals surface area contributed by atoms with E-state index in [0.717, 1.165) is 23.3 Å². The number of nitrogens with zero attached hydrogens (tertiary/aromatic N) is 4. The van der Waals surface area contributed by atoms with Crippen molar-refractivity contribution in [3.63, 3.8) is 0 Å². The van der Waals surface area contributed by atoms with Gasteiger partial charge in [-0.05, 0) is 37.1 Å². The highest BCUT2D eigenvalue weighted by molar-refractivity contribution is 9.10. The zero-order chi connectivity index (χ0) is 14.8. The summed E-state index contributed by atoms with van der Waals surface area (Å²) in [5, 5.41) is 8.93. The average molecular weight is 343 g/mol. The van der Waals surface area contributed by atoms with Crippen molar-refractivity contribution >= 4 is 21.7 Å². The van der Waals surface area contributed by atoms with Crippen molar-refractivity contribution in [2.45, 2.75) is 25.3 Å². The Hall–Kier alpha value is -1.93. The molecule has 106 valence electrons. The standard InChI is InChI=1S/C16H15BrN4/c1-11-8-13(12-2-4-14(17)5-3-12)10-21(11)16-6-7-19-15(9-18)20-16/h2-7,11,13H,8,10H2,1H3. The summed E-state index contributed by atoms with van der Waals surface area (Å²) in [6.07, 6.45) is 2.74. The van der Waals surface area contributed by atoms with Crippen LogP contribution in [0.2, 0.25) is 0 Å². The van der Waals surface area contributed by atoms with E-state index in [0.29, 0.717) is 12.0 Å². The minimum absolute atomic E-state index is 0.229. The number of halogens is 1. The molecule has 2 unspecified atom stereocenters. The fourth-order valence-corrected chi connectivity index (χ4v) is 3.15. The van der Waals surface area contributed by atoms with E-state index in [9.17, 15) is 0 Å². The lowest BCUT2D eigenvalue weighted by Crippen LogP contribution is -2.27. The molecule has 0 radical (unpaired) electrons. The Morgan fingerprint density at radius 2 is 2.05 bits per heavy atom. The van der Waals surface area contributed by atoms with Crippen LogP contribution >= 0.6 is 15.9 Å². The van der Waals surface area contributed by atoms with Crippen molar-refractivity contribution in [3.05, 3.63) is 52.4 Å². The molecule has 0 saturated carbocycles. The molecule has 1 aliphatic rings. The predicted octanol–water partition coefficient (Wildman–Crippen LogP) is 3.49. The quantitative estimate of drug-likeness (QED) is 0.838. The van der Waals surface area contributed by atoms with Crippen LogP contribution < -0.4 is 4.90 Å². The van der Waals surface area contributed by atoms with Crippen LogP contribution in [-0.2, 0) is 0 Å². The molecule has 4 nitrogen and oxygen atoms in total. The van der Waals surface area contributed by atoms with E-state index in [2.05, 4.69) is 62.0 Å². The molecule has 2 atom stereocenters. The molecule has 2 aromatic rings. The summed E-state index contributed by atoms with van der Waals surface area (Å²) in [5.41, 5.74) is 1.35. The van der Waals surface area contributed by atoms with E-state index in [1.807, 2.05) is 12.1 Å². The number of rotatable bonds is 2. The van der Waals surface area contributed by atoms with Gasteiger partial charge in [-0.3, -0.25) is 0 Å². The maximum absolute atomic E-state index is 8.93. The number of hydrogen-bond donors (Lipinski definition) is 0. The third kappa shape index (κ3) is 2.91. The van der Waals surface area contributed by atoms with E-state index < -0.39 is 0 Å². The van der Waals surface area contributed by atoms with Gasteiger partial charge in [0, 0.05) is 29.2 Å². The zero-order valence-corrected chi connectivity index (χ0v) is 13.3.